The van der Waals surface area contributed by atoms with Gasteiger partial charge in [-0.25, -0.2) is 13.2 Å². The molecule has 1 aromatic heterocycles. The molecule has 0 bridgehead atoms. The molecule has 0 saturated heterocycles. The third-order valence-electron chi connectivity index (χ3n) is 6.31. The zero-order valence-electron chi connectivity index (χ0n) is 19.9. The quantitative estimate of drug-likeness (QED) is 0.490. The van der Waals surface area contributed by atoms with Gasteiger partial charge in [-0.05, 0) is 44.0 Å². The molecule has 0 unspecified atom stereocenters. The van der Waals surface area contributed by atoms with Gasteiger partial charge >= 0.3 is 5.97 Å². The van der Waals surface area contributed by atoms with Crippen molar-refractivity contribution in [2.45, 2.75) is 50.0 Å². The molecular weight excluding hydrogens is 466 g/mol. The molecule has 1 aliphatic carbocycles. The fourth-order valence-corrected chi connectivity index (χ4v) is 6.02. The summed E-state index contributed by atoms with van der Waals surface area (Å²) in [6, 6.07) is 15.0. The monoisotopic (exact) mass is 495 g/mol. The van der Waals surface area contributed by atoms with Crippen LogP contribution in [-0.4, -0.2) is 49.3 Å². The average Bonchev–Trinajstić information content (AvgIpc) is 2.87. The molecule has 8 nitrogen and oxygen atoms in total. The Balaban J connectivity index is 1.46. The molecule has 184 valence electrons. The normalized spacial score (nSPS) is 14.7. The Labute approximate surface area is 205 Å². The Morgan fingerprint density at radius 1 is 1.06 bits per heavy atom. The lowest BCUT2D eigenvalue weighted by atomic mass is 9.96. The lowest BCUT2D eigenvalue weighted by Crippen LogP contribution is -2.38. The molecule has 1 saturated carbocycles. The zero-order chi connectivity index (χ0) is 25.0. The number of carbonyl (C=O) groups is 2. The smallest absolute Gasteiger partial charge is 0.339 e. The standard InChI is InChI=1S/C26H29N3O5S/c1-18-16-21(20-12-6-7-13-22(20)27-18)26(31)34-17-25(30)28-23-14-8-9-15-24(23)35(32,33)29(2)19-10-4-3-5-11-19/h6-9,12-16,19H,3-5,10-11,17H2,1-2H3,(H,28,30). The van der Waals surface area contributed by atoms with Crippen molar-refractivity contribution in [3.63, 3.8) is 0 Å². The van der Waals surface area contributed by atoms with E-state index >= 15 is 0 Å². The van der Waals surface area contributed by atoms with Gasteiger partial charge in [0.2, 0.25) is 10.0 Å². The van der Waals surface area contributed by atoms with Crippen LogP contribution in [0.25, 0.3) is 10.9 Å². The molecule has 4 rings (SSSR count). The van der Waals surface area contributed by atoms with Crippen LogP contribution in [0.15, 0.2) is 59.5 Å². The predicted molar refractivity (Wildman–Crippen MR) is 134 cm³/mol. The first kappa shape index (κ1) is 24.8. The summed E-state index contributed by atoms with van der Waals surface area (Å²) in [5.41, 5.74) is 1.78. The van der Waals surface area contributed by atoms with Crippen LogP contribution in [0, 0.1) is 6.92 Å². The van der Waals surface area contributed by atoms with Crippen LogP contribution >= 0.6 is 0 Å². The predicted octanol–water partition coefficient (Wildman–Crippen LogP) is 4.29. The highest BCUT2D eigenvalue weighted by Crippen LogP contribution is 2.29. The summed E-state index contributed by atoms with van der Waals surface area (Å²) in [6.45, 7) is 1.22. The Morgan fingerprint density at radius 2 is 1.74 bits per heavy atom. The minimum Gasteiger partial charge on any atom is -0.452 e. The van der Waals surface area contributed by atoms with Gasteiger partial charge in [-0.15, -0.1) is 0 Å². The molecule has 1 heterocycles. The number of esters is 1. The van der Waals surface area contributed by atoms with Gasteiger partial charge in [0.15, 0.2) is 6.61 Å². The first-order valence-electron chi connectivity index (χ1n) is 11.7. The largest absolute Gasteiger partial charge is 0.452 e. The van der Waals surface area contributed by atoms with Gasteiger partial charge < -0.3 is 10.1 Å². The molecule has 0 spiro atoms. The van der Waals surface area contributed by atoms with Crippen LogP contribution in [0.3, 0.4) is 0 Å². The van der Waals surface area contributed by atoms with E-state index in [4.69, 9.17) is 4.74 Å². The second kappa shape index (κ2) is 10.5. The van der Waals surface area contributed by atoms with Crippen LogP contribution < -0.4 is 5.32 Å². The highest BCUT2D eigenvalue weighted by molar-refractivity contribution is 7.89. The van der Waals surface area contributed by atoms with Crippen molar-refractivity contribution in [2.75, 3.05) is 19.0 Å². The van der Waals surface area contributed by atoms with E-state index in [2.05, 4.69) is 10.3 Å². The Bertz CT molecular complexity index is 1350. The minimum absolute atomic E-state index is 0.0171. The van der Waals surface area contributed by atoms with E-state index < -0.39 is 28.5 Å². The highest BCUT2D eigenvalue weighted by Gasteiger charge is 2.31. The average molecular weight is 496 g/mol. The molecule has 1 N–H and O–H groups in total. The number of rotatable bonds is 7. The van der Waals surface area contributed by atoms with Crippen molar-refractivity contribution in [3.8, 4) is 0 Å². The number of amides is 1. The Morgan fingerprint density at radius 3 is 2.51 bits per heavy atom. The van der Waals surface area contributed by atoms with E-state index in [0.717, 1.165) is 32.1 Å². The van der Waals surface area contributed by atoms with Crippen molar-refractivity contribution in [3.05, 3.63) is 65.9 Å². The van der Waals surface area contributed by atoms with Crippen LogP contribution in [0.4, 0.5) is 5.69 Å². The second-order valence-electron chi connectivity index (χ2n) is 8.76. The molecular formula is C26H29N3O5S. The topological polar surface area (TPSA) is 106 Å². The highest BCUT2D eigenvalue weighted by atomic mass is 32.2. The van der Waals surface area contributed by atoms with E-state index in [1.165, 1.54) is 16.4 Å². The first-order valence-corrected chi connectivity index (χ1v) is 13.1. The summed E-state index contributed by atoms with van der Waals surface area (Å²) in [4.78, 5) is 29.8. The fraction of sp³-hybridized carbons (Fsp3) is 0.346. The second-order valence-corrected chi connectivity index (χ2v) is 10.7. The van der Waals surface area contributed by atoms with Gasteiger partial charge in [-0.2, -0.15) is 4.31 Å². The summed E-state index contributed by atoms with van der Waals surface area (Å²) in [6.07, 6.45) is 4.76. The van der Waals surface area contributed by atoms with E-state index in [-0.39, 0.29) is 16.6 Å². The molecule has 0 atom stereocenters. The lowest BCUT2D eigenvalue weighted by molar-refractivity contribution is -0.119. The van der Waals surface area contributed by atoms with Crippen LogP contribution in [0.1, 0.15) is 48.2 Å². The number of nitrogens with one attached hydrogen (secondary N) is 1. The van der Waals surface area contributed by atoms with Crippen molar-refractivity contribution in [1.82, 2.24) is 9.29 Å². The number of pyridine rings is 1. The maximum absolute atomic E-state index is 13.3. The number of aryl methyl sites for hydroxylation is 1. The zero-order valence-corrected chi connectivity index (χ0v) is 20.7. The van der Waals surface area contributed by atoms with Gasteiger partial charge in [0.05, 0.1) is 16.8 Å². The summed E-state index contributed by atoms with van der Waals surface area (Å²) < 4.78 is 33.3. The van der Waals surface area contributed by atoms with Gasteiger partial charge in [0.25, 0.3) is 5.91 Å². The molecule has 3 aromatic rings. The summed E-state index contributed by atoms with van der Waals surface area (Å²) in [5, 5.41) is 3.23. The van der Waals surface area contributed by atoms with E-state index in [1.807, 2.05) is 6.07 Å². The number of carbonyl (C=O) groups excluding carboxylic acids is 2. The SMILES string of the molecule is Cc1cc(C(=O)OCC(=O)Nc2ccccc2S(=O)(=O)N(C)C2CCCCC2)c2ccccc2n1. The summed E-state index contributed by atoms with van der Waals surface area (Å²) in [5.74, 6) is -1.28. The van der Waals surface area contributed by atoms with E-state index in [1.54, 1.807) is 50.4 Å². The van der Waals surface area contributed by atoms with Gasteiger partial charge in [-0.1, -0.05) is 49.6 Å². The number of benzene rings is 2. The van der Waals surface area contributed by atoms with Crippen LogP contribution in [-0.2, 0) is 19.6 Å². The molecule has 35 heavy (non-hydrogen) atoms. The third kappa shape index (κ3) is 5.52. The van der Waals surface area contributed by atoms with Crippen molar-refractivity contribution in [1.29, 1.82) is 0 Å². The van der Waals surface area contributed by atoms with Crippen molar-refractivity contribution in [2.24, 2.45) is 0 Å². The molecule has 1 amide bonds. The fourth-order valence-electron chi connectivity index (χ4n) is 4.46. The number of nitrogens with zero attached hydrogens (tertiary/aromatic N) is 2. The van der Waals surface area contributed by atoms with Crippen LogP contribution in [0.2, 0.25) is 0 Å². The summed E-state index contributed by atoms with van der Waals surface area (Å²) in [7, 11) is -2.22. The van der Waals surface area contributed by atoms with Crippen molar-refractivity contribution < 1.29 is 22.7 Å². The molecule has 2 aromatic carbocycles. The molecule has 0 radical (unpaired) electrons. The number of hydrogen-bond acceptors (Lipinski definition) is 6. The van der Waals surface area contributed by atoms with Crippen molar-refractivity contribution >= 4 is 38.5 Å². The third-order valence-corrected chi connectivity index (χ3v) is 8.27. The first-order chi connectivity index (χ1) is 16.8. The number of fused-ring (bicyclic) bond motifs is 1. The number of para-hydroxylation sites is 2. The number of ether oxygens (including phenoxy) is 1. The van der Waals surface area contributed by atoms with E-state index in [9.17, 15) is 18.0 Å². The summed E-state index contributed by atoms with van der Waals surface area (Å²) >= 11 is 0. The lowest BCUT2D eigenvalue weighted by Gasteiger charge is -2.30. The number of hydrogen-bond donors (Lipinski definition) is 1. The molecule has 0 aliphatic heterocycles. The van der Waals surface area contributed by atoms with Gasteiger partial charge in [0.1, 0.15) is 4.90 Å². The number of aromatic nitrogens is 1. The number of anilines is 1. The van der Waals surface area contributed by atoms with E-state index in [0.29, 0.717) is 22.2 Å². The Hall–Kier alpha value is -3.30. The Kier molecular flexibility index (Phi) is 7.47. The maximum Gasteiger partial charge on any atom is 0.339 e. The van der Waals surface area contributed by atoms with Gasteiger partial charge in [-0.3, -0.25) is 9.78 Å². The molecule has 1 fully saturated rings. The number of sulfonamides is 1. The molecule has 9 heteroatoms. The maximum atomic E-state index is 13.3. The van der Waals surface area contributed by atoms with Gasteiger partial charge in [0, 0.05) is 24.2 Å². The van der Waals surface area contributed by atoms with Crippen LogP contribution in [0.5, 0.6) is 0 Å². The minimum atomic E-state index is -3.81. The molecule has 1 aliphatic rings.